The molecule has 2 fully saturated rings. The highest BCUT2D eigenvalue weighted by Gasteiger charge is 2.69. The Kier molecular flexibility index (Phi) is 2.06. The summed E-state index contributed by atoms with van der Waals surface area (Å²) in [7, 11) is 0. The minimum atomic E-state index is -0.537. The smallest absolute Gasteiger partial charge is 0.116 e. The summed E-state index contributed by atoms with van der Waals surface area (Å²) in [5.41, 5.74) is 2.07. The van der Waals surface area contributed by atoms with Gasteiger partial charge in [0, 0.05) is 10.8 Å². The molecular formula is C20H20O2. The van der Waals surface area contributed by atoms with Crippen LogP contribution in [0, 0.1) is 5.41 Å². The van der Waals surface area contributed by atoms with Crippen LogP contribution < -0.4 is 0 Å². The van der Waals surface area contributed by atoms with E-state index in [0.29, 0.717) is 5.75 Å². The van der Waals surface area contributed by atoms with E-state index in [9.17, 15) is 10.2 Å². The van der Waals surface area contributed by atoms with E-state index in [1.807, 2.05) is 12.1 Å². The van der Waals surface area contributed by atoms with Crippen molar-refractivity contribution in [2.24, 2.45) is 5.41 Å². The number of aromatic hydroxyl groups is 1. The molecule has 0 aliphatic heterocycles. The topological polar surface area (TPSA) is 40.5 Å². The highest BCUT2D eigenvalue weighted by molar-refractivity contribution is 5.94. The van der Waals surface area contributed by atoms with Gasteiger partial charge in [0.05, 0.1) is 5.60 Å². The van der Waals surface area contributed by atoms with Gasteiger partial charge in [-0.3, -0.25) is 0 Å². The lowest BCUT2D eigenvalue weighted by molar-refractivity contribution is -0.0167. The van der Waals surface area contributed by atoms with Gasteiger partial charge in [0.1, 0.15) is 5.75 Å². The van der Waals surface area contributed by atoms with Crippen LogP contribution in [0.3, 0.4) is 0 Å². The quantitative estimate of drug-likeness (QED) is 0.766. The van der Waals surface area contributed by atoms with E-state index in [4.69, 9.17) is 0 Å². The molecule has 2 heteroatoms. The van der Waals surface area contributed by atoms with Crippen LogP contribution in [0.25, 0.3) is 16.8 Å². The van der Waals surface area contributed by atoms with Crippen LogP contribution in [0.5, 0.6) is 5.75 Å². The van der Waals surface area contributed by atoms with Crippen LogP contribution >= 0.6 is 0 Å². The molecule has 2 aromatic rings. The fourth-order valence-electron chi connectivity index (χ4n) is 5.63. The van der Waals surface area contributed by atoms with Gasteiger partial charge in [-0.1, -0.05) is 37.3 Å². The molecular weight excluding hydrogens is 272 g/mol. The van der Waals surface area contributed by atoms with Crippen LogP contribution in [-0.4, -0.2) is 15.8 Å². The highest BCUT2D eigenvalue weighted by Crippen LogP contribution is 2.71. The molecule has 0 radical (unpaired) electrons. The van der Waals surface area contributed by atoms with Crippen molar-refractivity contribution in [1.82, 2.24) is 0 Å². The highest BCUT2D eigenvalue weighted by atomic mass is 16.3. The fraction of sp³-hybridized carbons (Fsp3) is 0.400. The third-order valence-electron chi connectivity index (χ3n) is 7.04. The van der Waals surface area contributed by atoms with Crippen molar-refractivity contribution in [2.45, 2.75) is 43.6 Å². The van der Waals surface area contributed by atoms with Crippen molar-refractivity contribution in [1.29, 1.82) is 0 Å². The Bertz CT molecular complexity index is 840. The summed E-state index contributed by atoms with van der Waals surface area (Å²) in [5, 5.41) is 23.1. The first-order chi connectivity index (χ1) is 10.5. The summed E-state index contributed by atoms with van der Waals surface area (Å²) in [6.45, 7) is 2.24. The van der Waals surface area contributed by atoms with Gasteiger partial charge in [-0.2, -0.15) is 0 Å². The van der Waals surface area contributed by atoms with E-state index >= 15 is 0 Å². The van der Waals surface area contributed by atoms with Crippen molar-refractivity contribution in [3.63, 3.8) is 0 Å². The van der Waals surface area contributed by atoms with Crippen LogP contribution in [-0.2, 0) is 5.41 Å². The summed E-state index contributed by atoms with van der Waals surface area (Å²) in [6, 6.07) is 9.97. The van der Waals surface area contributed by atoms with E-state index in [1.165, 1.54) is 16.5 Å². The minimum Gasteiger partial charge on any atom is -0.508 e. The second kappa shape index (κ2) is 3.57. The van der Waals surface area contributed by atoms with Gasteiger partial charge in [0.15, 0.2) is 0 Å². The van der Waals surface area contributed by atoms with Crippen molar-refractivity contribution < 1.29 is 10.2 Å². The molecule has 2 nitrogen and oxygen atoms in total. The molecule has 2 N–H and O–H groups in total. The van der Waals surface area contributed by atoms with Crippen LogP contribution in [0.1, 0.15) is 43.7 Å². The molecule has 5 rings (SSSR count). The summed E-state index contributed by atoms with van der Waals surface area (Å²) < 4.78 is 0. The molecule has 22 heavy (non-hydrogen) atoms. The zero-order valence-corrected chi connectivity index (χ0v) is 12.8. The van der Waals surface area contributed by atoms with Crippen molar-refractivity contribution in [3.05, 3.63) is 47.5 Å². The molecule has 0 saturated heterocycles. The molecule has 0 heterocycles. The Morgan fingerprint density at radius 2 is 1.77 bits per heavy atom. The molecule has 2 bridgehead atoms. The molecule has 0 aromatic heterocycles. The van der Waals surface area contributed by atoms with Crippen molar-refractivity contribution >= 4 is 16.8 Å². The lowest BCUT2D eigenvalue weighted by Gasteiger charge is -2.45. The monoisotopic (exact) mass is 292 g/mol. The zero-order chi connectivity index (χ0) is 15.2. The number of hydrogen-bond donors (Lipinski definition) is 2. The van der Waals surface area contributed by atoms with Gasteiger partial charge in [-0.05, 0) is 59.7 Å². The Morgan fingerprint density at radius 3 is 2.55 bits per heavy atom. The standard InChI is InChI=1S/C20H20O2/c1-18-7-6-16-15-4-3-14(21)12-13(15)2-5-17(16)19(18)8-10-20(18,22)11-9-19/h2-7,12,21-22H,8-11H2,1H3/t18-,19?,20?/m0/s1. The van der Waals surface area contributed by atoms with Crippen LogP contribution in [0.4, 0.5) is 0 Å². The molecule has 0 amide bonds. The molecule has 2 saturated carbocycles. The Hall–Kier alpha value is -1.80. The summed E-state index contributed by atoms with van der Waals surface area (Å²) in [4.78, 5) is 0. The second-order valence-corrected chi connectivity index (χ2v) is 7.58. The molecule has 112 valence electrons. The van der Waals surface area contributed by atoms with Gasteiger partial charge in [0.25, 0.3) is 0 Å². The normalized spacial score (nSPS) is 38.3. The van der Waals surface area contributed by atoms with E-state index in [1.54, 1.807) is 6.07 Å². The maximum absolute atomic E-state index is 11.1. The molecule has 3 aliphatic carbocycles. The van der Waals surface area contributed by atoms with Crippen LogP contribution in [0.15, 0.2) is 36.4 Å². The number of benzene rings is 2. The Labute approximate surface area is 130 Å². The maximum Gasteiger partial charge on any atom is 0.116 e. The molecule has 1 atom stereocenters. The first kappa shape index (κ1) is 12.7. The third-order valence-corrected chi connectivity index (χ3v) is 7.04. The number of rotatable bonds is 0. The minimum absolute atomic E-state index is 0.0813. The van der Waals surface area contributed by atoms with Gasteiger partial charge >= 0.3 is 0 Å². The van der Waals surface area contributed by atoms with Gasteiger partial charge in [0.2, 0.25) is 0 Å². The number of phenolic OH excluding ortho intramolecular Hbond substituents is 1. The third kappa shape index (κ3) is 1.16. The molecule has 2 aromatic carbocycles. The predicted molar refractivity (Wildman–Crippen MR) is 87.8 cm³/mol. The van der Waals surface area contributed by atoms with Crippen molar-refractivity contribution in [2.75, 3.05) is 0 Å². The first-order valence-corrected chi connectivity index (χ1v) is 8.17. The fourth-order valence-corrected chi connectivity index (χ4v) is 5.63. The van der Waals surface area contributed by atoms with Crippen LogP contribution in [0.2, 0.25) is 0 Å². The van der Waals surface area contributed by atoms with E-state index in [-0.39, 0.29) is 10.8 Å². The van der Waals surface area contributed by atoms with Gasteiger partial charge in [-0.25, -0.2) is 0 Å². The maximum atomic E-state index is 11.1. The number of phenols is 1. The SMILES string of the molecule is C[C@]12C=Cc3c(ccc4cc(O)ccc34)C13CCC2(O)CC3. The van der Waals surface area contributed by atoms with Gasteiger partial charge in [-0.15, -0.1) is 0 Å². The van der Waals surface area contributed by atoms with Gasteiger partial charge < -0.3 is 10.2 Å². The first-order valence-electron chi connectivity index (χ1n) is 8.17. The lowest BCUT2D eigenvalue weighted by atomic mass is 9.59. The lowest BCUT2D eigenvalue weighted by Crippen LogP contribution is -2.45. The van der Waals surface area contributed by atoms with E-state index < -0.39 is 5.60 Å². The predicted octanol–water partition coefficient (Wildman–Crippen LogP) is 4.14. The molecule has 3 aliphatic rings. The van der Waals surface area contributed by atoms with E-state index in [2.05, 4.69) is 31.2 Å². The van der Waals surface area contributed by atoms with Crippen molar-refractivity contribution in [3.8, 4) is 5.75 Å². The molecule has 0 spiro atoms. The second-order valence-electron chi connectivity index (χ2n) is 7.58. The Morgan fingerprint density at radius 1 is 1.00 bits per heavy atom. The summed E-state index contributed by atoms with van der Waals surface area (Å²) >= 11 is 0. The average molecular weight is 292 g/mol. The molecule has 0 unspecified atom stereocenters. The summed E-state index contributed by atoms with van der Waals surface area (Å²) in [6.07, 6.45) is 8.42. The van der Waals surface area contributed by atoms with E-state index in [0.717, 1.165) is 31.1 Å². The number of hydrogen-bond acceptors (Lipinski definition) is 2. The average Bonchev–Trinajstić information content (AvgIpc) is 2.88. The number of aliphatic hydroxyl groups is 1. The largest absolute Gasteiger partial charge is 0.508 e. The summed E-state index contributed by atoms with van der Waals surface area (Å²) in [5.74, 6) is 0.311. The Balaban J connectivity index is 1.85. The number of fused-ring (bicyclic) bond motifs is 3. The zero-order valence-electron chi connectivity index (χ0n) is 12.8.